The van der Waals surface area contributed by atoms with E-state index in [9.17, 15) is 8.42 Å². The van der Waals surface area contributed by atoms with Crippen LogP contribution < -0.4 is 10.0 Å². The van der Waals surface area contributed by atoms with E-state index in [0.29, 0.717) is 18.0 Å². The van der Waals surface area contributed by atoms with Crippen molar-refractivity contribution in [1.82, 2.24) is 20.0 Å². The summed E-state index contributed by atoms with van der Waals surface area (Å²) >= 11 is 0. The van der Waals surface area contributed by atoms with Gasteiger partial charge in [-0.05, 0) is 54.8 Å². The van der Waals surface area contributed by atoms with Crippen molar-refractivity contribution in [2.24, 2.45) is 0 Å². The first-order chi connectivity index (χ1) is 15.1. The van der Waals surface area contributed by atoms with Gasteiger partial charge in [-0.3, -0.25) is 0 Å². The number of nitrogens with one attached hydrogen (secondary N) is 3. The van der Waals surface area contributed by atoms with Gasteiger partial charge in [0.1, 0.15) is 5.65 Å². The van der Waals surface area contributed by atoms with E-state index < -0.39 is 10.0 Å². The highest BCUT2D eigenvalue weighted by atomic mass is 32.2. The molecule has 2 aromatic heterocycles. The van der Waals surface area contributed by atoms with Crippen LogP contribution in [0.5, 0.6) is 0 Å². The lowest BCUT2D eigenvalue weighted by molar-refractivity contribution is 0.574. The summed E-state index contributed by atoms with van der Waals surface area (Å²) < 4.78 is 26.9. The highest BCUT2D eigenvalue weighted by Crippen LogP contribution is 2.22. The molecule has 0 bridgehead atoms. The van der Waals surface area contributed by atoms with Crippen molar-refractivity contribution in [3.05, 3.63) is 84.7 Å². The first-order valence-electron chi connectivity index (χ1n) is 10.4. The van der Waals surface area contributed by atoms with E-state index in [1.165, 1.54) is 5.56 Å². The van der Waals surface area contributed by atoms with E-state index in [1.54, 1.807) is 30.3 Å². The van der Waals surface area contributed by atoms with Gasteiger partial charge in [0.15, 0.2) is 0 Å². The van der Waals surface area contributed by atoms with Crippen LogP contribution in [0.15, 0.2) is 84.0 Å². The maximum Gasteiger partial charge on any atom is 0.240 e. The average molecular weight is 435 g/mol. The number of aryl methyl sites for hydroxylation is 1. The fraction of sp³-hybridized carbons (Fsp3) is 0.208. The number of fused-ring (bicyclic) bond motifs is 1. The Labute approximate surface area is 182 Å². The summed E-state index contributed by atoms with van der Waals surface area (Å²) in [7, 11) is -3.43. The van der Waals surface area contributed by atoms with Crippen LogP contribution in [0.25, 0.3) is 22.2 Å². The number of H-pyrrole nitrogens is 1. The molecule has 0 aliphatic carbocycles. The van der Waals surface area contributed by atoms with Gasteiger partial charge in [0.25, 0.3) is 0 Å². The minimum atomic E-state index is -3.43. The highest BCUT2D eigenvalue weighted by Gasteiger charge is 2.11. The lowest BCUT2D eigenvalue weighted by Crippen LogP contribution is -2.32. The molecule has 0 atom stereocenters. The van der Waals surface area contributed by atoms with Crippen LogP contribution in [0.4, 0.5) is 0 Å². The first kappa shape index (κ1) is 21.2. The molecular formula is C24H26N4O2S. The largest absolute Gasteiger partial charge is 0.346 e. The molecule has 4 aromatic rings. The Balaban J connectivity index is 1.17. The van der Waals surface area contributed by atoms with Crippen molar-refractivity contribution in [3.8, 4) is 11.1 Å². The molecular weight excluding hydrogens is 408 g/mol. The summed E-state index contributed by atoms with van der Waals surface area (Å²) in [6.07, 6.45) is 5.75. The van der Waals surface area contributed by atoms with Gasteiger partial charge in [-0.15, -0.1) is 0 Å². The Morgan fingerprint density at radius 2 is 1.68 bits per heavy atom. The van der Waals surface area contributed by atoms with Crippen molar-refractivity contribution in [3.63, 3.8) is 0 Å². The van der Waals surface area contributed by atoms with Crippen LogP contribution in [-0.4, -0.2) is 38.0 Å². The van der Waals surface area contributed by atoms with Gasteiger partial charge in [0.2, 0.25) is 10.0 Å². The van der Waals surface area contributed by atoms with E-state index in [1.807, 2.05) is 18.5 Å². The minimum absolute atomic E-state index is 0.294. The number of rotatable bonds is 10. The maximum atomic E-state index is 12.1. The molecule has 0 fully saturated rings. The van der Waals surface area contributed by atoms with Crippen molar-refractivity contribution >= 4 is 21.1 Å². The highest BCUT2D eigenvalue weighted by molar-refractivity contribution is 7.89. The van der Waals surface area contributed by atoms with E-state index >= 15 is 0 Å². The Morgan fingerprint density at radius 3 is 2.48 bits per heavy atom. The lowest BCUT2D eigenvalue weighted by Gasteiger charge is -2.08. The summed E-state index contributed by atoms with van der Waals surface area (Å²) in [6, 6.07) is 21.2. The number of hydrogen-bond acceptors (Lipinski definition) is 4. The molecule has 4 rings (SSSR count). The Kier molecular flexibility index (Phi) is 6.76. The van der Waals surface area contributed by atoms with Gasteiger partial charge in [0, 0.05) is 36.4 Å². The molecule has 0 unspecified atom stereocenters. The minimum Gasteiger partial charge on any atom is -0.346 e. The molecule has 0 spiro atoms. The van der Waals surface area contributed by atoms with Crippen molar-refractivity contribution in [2.45, 2.75) is 17.7 Å². The zero-order valence-corrected chi connectivity index (χ0v) is 18.0. The average Bonchev–Trinajstić information content (AvgIpc) is 3.27. The van der Waals surface area contributed by atoms with Gasteiger partial charge < -0.3 is 10.3 Å². The predicted molar refractivity (Wildman–Crippen MR) is 124 cm³/mol. The van der Waals surface area contributed by atoms with E-state index in [2.05, 4.69) is 50.3 Å². The van der Waals surface area contributed by atoms with Gasteiger partial charge >= 0.3 is 0 Å². The molecule has 31 heavy (non-hydrogen) atoms. The second kappa shape index (κ2) is 9.87. The number of aromatic amines is 1. The molecule has 3 N–H and O–H groups in total. The van der Waals surface area contributed by atoms with E-state index in [-0.39, 0.29) is 0 Å². The first-order valence-corrected chi connectivity index (χ1v) is 11.9. The van der Waals surface area contributed by atoms with Crippen molar-refractivity contribution in [2.75, 3.05) is 19.6 Å². The summed E-state index contributed by atoms with van der Waals surface area (Å²) in [5.74, 6) is 0. The summed E-state index contributed by atoms with van der Waals surface area (Å²) in [6.45, 7) is 1.80. The van der Waals surface area contributed by atoms with E-state index in [4.69, 9.17) is 0 Å². The van der Waals surface area contributed by atoms with E-state index in [0.717, 1.165) is 41.5 Å². The fourth-order valence-corrected chi connectivity index (χ4v) is 4.51. The zero-order chi connectivity index (χ0) is 21.5. The molecule has 160 valence electrons. The molecule has 6 nitrogen and oxygen atoms in total. The Morgan fingerprint density at radius 1 is 0.871 bits per heavy atom. The maximum absolute atomic E-state index is 12.1. The van der Waals surface area contributed by atoms with Crippen LogP contribution in [0.1, 0.15) is 12.0 Å². The number of benzene rings is 2. The third-order valence-corrected chi connectivity index (χ3v) is 6.63. The number of sulfonamides is 1. The molecule has 7 heteroatoms. The summed E-state index contributed by atoms with van der Waals surface area (Å²) in [5.41, 5.74) is 4.45. The molecule has 2 heterocycles. The Hall–Kier alpha value is -3.00. The molecule has 0 amide bonds. The fourth-order valence-electron chi connectivity index (χ4n) is 3.46. The third kappa shape index (κ3) is 5.58. The number of aromatic nitrogens is 2. The van der Waals surface area contributed by atoms with Crippen LogP contribution in [-0.2, 0) is 16.4 Å². The monoisotopic (exact) mass is 434 g/mol. The summed E-state index contributed by atoms with van der Waals surface area (Å²) in [5, 5.41) is 4.40. The SMILES string of the molecule is O=S(=O)(NCCNCCCc1ccc(-c2cnc3[nH]ccc3c2)cc1)c1ccccc1. The lowest BCUT2D eigenvalue weighted by atomic mass is 10.0. The number of nitrogens with zero attached hydrogens (tertiary/aromatic N) is 1. The van der Waals surface area contributed by atoms with Crippen LogP contribution in [0.2, 0.25) is 0 Å². The molecule has 2 aromatic carbocycles. The zero-order valence-electron chi connectivity index (χ0n) is 17.2. The molecule has 0 aliphatic rings. The molecule has 0 saturated heterocycles. The standard InChI is InChI=1S/C24H26N4O2S/c29-31(30,23-6-2-1-3-7-23)28-16-15-25-13-4-5-19-8-10-20(11-9-19)22-17-21-12-14-26-24(21)27-18-22/h1-3,6-12,14,17-18,25,28H,4-5,13,15-16H2,(H,26,27). The van der Waals surface area contributed by atoms with Gasteiger partial charge in [0.05, 0.1) is 4.90 Å². The number of hydrogen-bond donors (Lipinski definition) is 3. The second-order valence-corrected chi connectivity index (χ2v) is 9.17. The van der Waals surface area contributed by atoms with Gasteiger partial charge in [-0.25, -0.2) is 18.1 Å². The van der Waals surface area contributed by atoms with Crippen LogP contribution >= 0.6 is 0 Å². The molecule has 0 aliphatic heterocycles. The van der Waals surface area contributed by atoms with Crippen molar-refractivity contribution < 1.29 is 8.42 Å². The second-order valence-electron chi connectivity index (χ2n) is 7.40. The summed E-state index contributed by atoms with van der Waals surface area (Å²) in [4.78, 5) is 7.86. The predicted octanol–water partition coefficient (Wildman–Crippen LogP) is 3.73. The topological polar surface area (TPSA) is 86.9 Å². The van der Waals surface area contributed by atoms with Gasteiger partial charge in [-0.2, -0.15) is 0 Å². The van der Waals surface area contributed by atoms with Gasteiger partial charge in [-0.1, -0.05) is 42.5 Å². The van der Waals surface area contributed by atoms with Crippen molar-refractivity contribution in [1.29, 1.82) is 0 Å². The molecule has 0 radical (unpaired) electrons. The van der Waals surface area contributed by atoms with Crippen LogP contribution in [0.3, 0.4) is 0 Å². The smallest absolute Gasteiger partial charge is 0.240 e. The van der Waals surface area contributed by atoms with Crippen LogP contribution in [0, 0.1) is 0 Å². The number of pyridine rings is 1. The normalized spacial score (nSPS) is 11.7. The third-order valence-electron chi connectivity index (χ3n) is 5.15. The Bertz CT molecular complexity index is 1220. The molecule has 0 saturated carbocycles. The quantitative estimate of drug-likeness (QED) is 0.332.